The van der Waals surface area contributed by atoms with Crippen LogP contribution in [0.3, 0.4) is 0 Å². The van der Waals surface area contributed by atoms with Crippen molar-refractivity contribution in [2.75, 3.05) is 0 Å². The van der Waals surface area contributed by atoms with E-state index in [1.54, 1.807) is 6.20 Å². The normalized spacial score (nSPS) is 11.3. The van der Waals surface area contributed by atoms with Gasteiger partial charge in [-0.05, 0) is 53.3 Å². The third-order valence-electron chi connectivity index (χ3n) is 6.43. The number of benzene rings is 4. The molecule has 0 N–H and O–H groups in total. The molecule has 35 heavy (non-hydrogen) atoms. The lowest BCUT2D eigenvalue weighted by atomic mass is 9.93. The predicted octanol–water partition coefficient (Wildman–Crippen LogP) is 7.94. The van der Waals surface area contributed by atoms with Crippen molar-refractivity contribution in [1.29, 1.82) is 0 Å². The van der Waals surface area contributed by atoms with Crippen molar-refractivity contribution in [2.24, 2.45) is 0 Å². The van der Waals surface area contributed by atoms with E-state index in [-0.39, 0.29) is 5.56 Å². The maximum absolute atomic E-state index is 14.3. The Hall–Kier alpha value is -4.02. The van der Waals surface area contributed by atoms with Gasteiger partial charge in [-0.15, -0.1) is 0 Å². The van der Waals surface area contributed by atoms with Crippen molar-refractivity contribution in [1.82, 2.24) is 9.55 Å². The van der Waals surface area contributed by atoms with Gasteiger partial charge >= 0.3 is 0 Å². The molecule has 6 rings (SSSR count). The Labute approximate surface area is 211 Å². The summed E-state index contributed by atoms with van der Waals surface area (Å²) >= 11 is 3.63. The molecule has 0 fully saturated rings. The van der Waals surface area contributed by atoms with Crippen LogP contribution in [0.1, 0.15) is 5.56 Å². The van der Waals surface area contributed by atoms with Gasteiger partial charge in [0.25, 0.3) is 5.56 Å². The summed E-state index contributed by atoms with van der Waals surface area (Å²) in [6.07, 6.45) is 1.79. The summed E-state index contributed by atoms with van der Waals surface area (Å²) in [4.78, 5) is 19.1. The highest BCUT2D eigenvalue weighted by Crippen LogP contribution is 2.40. The highest BCUT2D eigenvalue weighted by molar-refractivity contribution is 9.10. The first-order valence-electron chi connectivity index (χ1n) is 11.5. The van der Waals surface area contributed by atoms with Gasteiger partial charge in [0, 0.05) is 27.0 Å². The highest BCUT2D eigenvalue weighted by Gasteiger charge is 2.23. The molecule has 0 unspecified atom stereocenters. The minimum Gasteiger partial charge on any atom is -0.273 e. The average molecular weight is 517 g/mol. The number of rotatable bonds is 3. The predicted molar refractivity (Wildman–Crippen MR) is 148 cm³/mol. The van der Waals surface area contributed by atoms with Crippen LogP contribution in [-0.2, 0) is 0 Å². The zero-order chi connectivity index (χ0) is 23.9. The van der Waals surface area contributed by atoms with E-state index in [0.29, 0.717) is 5.39 Å². The second-order valence-corrected chi connectivity index (χ2v) is 9.51. The number of nitrogens with zero attached hydrogens (tertiary/aromatic N) is 2. The summed E-state index contributed by atoms with van der Waals surface area (Å²) in [6, 6.07) is 34.4. The Morgan fingerprint density at radius 3 is 2.20 bits per heavy atom. The van der Waals surface area contributed by atoms with Crippen LogP contribution in [0.25, 0.3) is 49.7 Å². The molecule has 0 aliphatic carbocycles. The number of halogens is 1. The van der Waals surface area contributed by atoms with Crippen LogP contribution in [0.15, 0.2) is 119 Å². The Balaban J connectivity index is 1.91. The van der Waals surface area contributed by atoms with Gasteiger partial charge in [-0.25, -0.2) is 0 Å². The monoisotopic (exact) mass is 516 g/mol. The minimum atomic E-state index is -0.0627. The van der Waals surface area contributed by atoms with Gasteiger partial charge in [0.15, 0.2) is 0 Å². The first-order chi connectivity index (χ1) is 17.1. The maximum Gasteiger partial charge on any atom is 0.263 e. The molecule has 2 aromatic heterocycles. The standard InChI is InChI=1S/C31H21BrN2O/c1-20-14-15-22-13-8-18-33-28(22)29(20)34-30(23-11-6-3-7-12-23)27(21-9-4-2-5-10-21)26-19-24(32)16-17-25(26)31(34)35/h2-19H,1H3. The third-order valence-corrected chi connectivity index (χ3v) is 6.92. The average Bonchev–Trinajstić information content (AvgIpc) is 2.90. The van der Waals surface area contributed by atoms with Gasteiger partial charge < -0.3 is 0 Å². The van der Waals surface area contributed by atoms with Crippen LogP contribution in [0, 0.1) is 6.92 Å². The molecule has 3 nitrogen and oxygen atoms in total. The molecule has 168 valence electrons. The Bertz CT molecular complexity index is 1770. The lowest BCUT2D eigenvalue weighted by Crippen LogP contribution is -2.23. The quantitative estimate of drug-likeness (QED) is 0.239. The second kappa shape index (κ2) is 8.64. The smallest absolute Gasteiger partial charge is 0.263 e. The minimum absolute atomic E-state index is 0.0627. The number of hydrogen-bond acceptors (Lipinski definition) is 2. The van der Waals surface area contributed by atoms with E-state index in [0.717, 1.165) is 54.4 Å². The summed E-state index contributed by atoms with van der Waals surface area (Å²) in [7, 11) is 0. The molecule has 0 bridgehead atoms. The van der Waals surface area contributed by atoms with Gasteiger partial charge in [-0.1, -0.05) is 94.8 Å². The number of fused-ring (bicyclic) bond motifs is 2. The van der Waals surface area contributed by atoms with Crippen LogP contribution in [0.5, 0.6) is 0 Å². The molecule has 0 spiro atoms. The third kappa shape index (κ3) is 3.58. The van der Waals surface area contributed by atoms with Crippen molar-refractivity contribution in [3.8, 4) is 28.1 Å². The Morgan fingerprint density at radius 2 is 1.46 bits per heavy atom. The van der Waals surface area contributed by atoms with Crippen molar-refractivity contribution >= 4 is 37.6 Å². The van der Waals surface area contributed by atoms with Crippen molar-refractivity contribution in [3.63, 3.8) is 0 Å². The van der Waals surface area contributed by atoms with E-state index < -0.39 is 0 Å². The van der Waals surface area contributed by atoms with E-state index in [1.165, 1.54) is 0 Å². The maximum atomic E-state index is 14.3. The fourth-order valence-electron chi connectivity index (χ4n) is 4.86. The van der Waals surface area contributed by atoms with E-state index >= 15 is 0 Å². The highest BCUT2D eigenvalue weighted by atomic mass is 79.9. The fourth-order valence-corrected chi connectivity index (χ4v) is 5.22. The van der Waals surface area contributed by atoms with Crippen molar-refractivity contribution < 1.29 is 0 Å². The van der Waals surface area contributed by atoms with Crippen LogP contribution in [0.2, 0.25) is 0 Å². The molecule has 4 aromatic carbocycles. The zero-order valence-electron chi connectivity index (χ0n) is 19.1. The second-order valence-electron chi connectivity index (χ2n) is 8.59. The summed E-state index contributed by atoms with van der Waals surface area (Å²) in [6.45, 7) is 2.04. The van der Waals surface area contributed by atoms with Gasteiger partial charge in [0.2, 0.25) is 0 Å². The van der Waals surface area contributed by atoms with Crippen LogP contribution < -0.4 is 5.56 Å². The molecule has 6 aromatic rings. The van der Waals surface area contributed by atoms with E-state index in [2.05, 4.69) is 52.3 Å². The van der Waals surface area contributed by atoms with Gasteiger partial charge in [-0.3, -0.25) is 14.3 Å². The van der Waals surface area contributed by atoms with E-state index in [4.69, 9.17) is 4.98 Å². The molecule has 4 heteroatoms. The van der Waals surface area contributed by atoms with Gasteiger partial charge in [-0.2, -0.15) is 0 Å². The van der Waals surface area contributed by atoms with Crippen LogP contribution in [0.4, 0.5) is 0 Å². The summed E-state index contributed by atoms with van der Waals surface area (Å²) in [5, 5.41) is 2.58. The van der Waals surface area contributed by atoms with Crippen molar-refractivity contribution in [2.45, 2.75) is 6.92 Å². The van der Waals surface area contributed by atoms with Gasteiger partial charge in [0.05, 0.1) is 16.9 Å². The summed E-state index contributed by atoms with van der Waals surface area (Å²) in [5.74, 6) is 0. The lowest BCUT2D eigenvalue weighted by molar-refractivity contribution is 1.01. The molecule has 0 saturated heterocycles. The first kappa shape index (κ1) is 21.5. The molecule has 0 aliphatic heterocycles. The largest absolute Gasteiger partial charge is 0.273 e. The van der Waals surface area contributed by atoms with Crippen molar-refractivity contribution in [3.05, 3.63) is 130 Å². The molecule has 0 atom stereocenters. The van der Waals surface area contributed by atoms with Gasteiger partial charge in [0.1, 0.15) is 0 Å². The summed E-state index contributed by atoms with van der Waals surface area (Å²) < 4.78 is 2.81. The molecule has 0 amide bonds. The molecule has 0 saturated carbocycles. The number of aryl methyl sites for hydroxylation is 1. The zero-order valence-corrected chi connectivity index (χ0v) is 20.7. The number of aromatic nitrogens is 2. The summed E-state index contributed by atoms with van der Waals surface area (Å²) in [5.41, 5.74) is 6.44. The van der Waals surface area contributed by atoms with E-state index in [1.807, 2.05) is 78.2 Å². The fraction of sp³-hybridized carbons (Fsp3) is 0.0323. The number of hydrogen-bond donors (Lipinski definition) is 0. The van der Waals surface area contributed by atoms with Crippen LogP contribution >= 0.6 is 15.9 Å². The number of pyridine rings is 2. The molecular formula is C31H21BrN2O. The Kier molecular flexibility index (Phi) is 5.31. The lowest BCUT2D eigenvalue weighted by Gasteiger charge is -2.22. The molecular weight excluding hydrogens is 496 g/mol. The van der Waals surface area contributed by atoms with E-state index in [9.17, 15) is 4.79 Å². The topological polar surface area (TPSA) is 34.9 Å². The molecule has 0 radical (unpaired) electrons. The SMILES string of the molecule is Cc1ccc2cccnc2c1-n1c(-c2ccccc2)c(-c2ccccc2)c2cc(Br)ccc2c1=O. The Morgan fingerprint density at radius 1 is 0.743 bits per heavy atom. The molecule has 2 heterocycles. The molecule has 0 aliphatic rings. The first-order valence-corrected chi connectivity index (χ1v) is 12.3. The van der Waals surface area contributed by atoms with Crippen LogP contribution in [-0.4, -0.2) is 9.55 Å².